The van der Waals surface area contributed by atoms with Crippen LogP contribution >= 0.6 is 0 Å². The summed E-state index contributed by atoms with van der Waals surface area (Å²) in [5.74, 6) is -0.980. The maximum absolute atomic E-state index is 11.0. The predicted octanol–water partition coefficient (Wildman–Crippen LogP) is 3.66. The van der Waals surface area contributed by atoms with E-state index in [1.165, 1.54) is 10.8 Å². The molecule has 1 amide bonds. The van der Waals surface area contributed by atoms with Crippen molar-refractivity contribution in [3.05, 3.63) is 78.4 Å². The van der Waals surface area contributed by atoms with Crippen molar-refractivity contribution in [2.45, 2.75) is 0 Å². The van der Waals surface area contributed by atoms with Crippen LogP contribution in [0.5, 0.6) is 0 Å². The van der Waals surface area contributed by atoms with E-state index in [9.17, 15) is 9.59 Å². The summed E-state index contributed by atoms with van der Waals surface area (Å²) in [4.78, 5) is 21.8. The van der Waals surface area contributed by atoms with Crippen LogP contribution in [0, 0.1) is 0 Å². The second-order valence-electron chi connectivity index (χ2n) is 4.68. The standard InChI is InChI=1S/C10H8.C8H5NO2/c1-2-6-10-8-4-3-7-9(10)5-1;10-7-5-3-1-2-4-6(5)9-8(7)11/h1-8H;1-4H,(H,9,10,11). The summed E-state index contributed by atoms with van der Waals surface area (Å²) in [6.07, 6.45) is 0. The van der Waals surface area contributed by atoms with Gasteiger partial charge in [-0.15, -0.1) is 0 Å². The molecule has 3 heteroatoms. The largest absolute Gasteiger partial charge is 0.318 e. The van der Waals surface area contributed by atoms with Gasteiger partial charge in [-0.25, -0.2) is 0 Å². The van der Waals surface area contributed by atoms with E-state index in [4.69, 9.17) is 0 Å². The molecule has 0 fully saturated rings. The molecule has 1 N–H and O–H groups in total. The average molecular weight is 275 g/mol. The van der Waals surface area contributed by atoms with E-state index in [1.54, 1.807) is 24.3 Å². The Morgan fingerprint density at radius 3 is 1.62 bits per heavy atom. The molecule has 0 spiro atoms. The monoisotopic (exact) mass is 275 g/mol. The Morgan fingerprint density at radius 2 is 1.10 bits per heavy atom. The van der Waals surface area contributed by atoms with Crippen molar-refractivity contribution in [2.24, 2.45) is 0 Å². The van der Waals surface area contributed by atoms with Crippen LogP contribution in [0.1, 0.15) is 10.4 Å². The highest BCUT2D eigenvalue weighted by molar-refractivity contribution is 6.51. The number of rotatable bonds is 0. The molecule has 1 aliphatic heterocycles. The quantitative estimate of drug-likeness (QED) is 0.636. The maximum Gasteiger partial charge on any atom is 0.296 e. The number of fused-ring (bicyclic) bond motifs is 2. The van der Waals surface area contributed by atoms with Gasteiger partial charge in [0.05, 0.1) is 11.3 Å². The molecule has 0 aromatic heterocycles. The zero-order valence-corrected chi connectivity index (χ0v) is 11.2. The molecule has 0 aliphatic carbocycles. The van der Waals surface area contributed by atoms with Gasteiger partial charge in [-0.2, -0.15) is 0 Å². The molecule has 0 saturated carbocycles. The lowest BCUT2D eigenvalue weighted by Gasteiger charge is -1.92. The van der Waals surface area contributed by atoms with Gasteiger partial charge < -0.3 is 5.32 Å². The van der Waals surface area contributed by atoms with Gasteiger partial charge in [-0.1, -0.05) is 60.7 Å². The van der Waals surface area contributed by atoms with Crippen LogP contribution in [-0.4, -0.2) is 11.7 Å². The Bertz CT molecular complexity index is 759. The number of anilines is 1. The number of carbonyl (C=O) groups is 2. The van der Waals surface area contributed by atoms with Gasteiger partial charge in [0, 0.05) is 0 Å². The van der Waals surface area contributed by atoms with Crippen LogP contribution in [0.25, 0.3) is 10.8 Å². The molecule has 3 nitrogen and oxygen atoms in total. The smallest absolute Gasteiger partial charge is 0.296 e. The normalized spacial score (nSPS) is 12.4. The third kappa shape index (κ3) is 2.67. The van der Waals surface area contributed by atoms with E-state index >= 15 is 0 Å². The first-order chi connectivity index (χ1) is 10.3. The third-order valence-corrected chi connectivity index (χ3v) is 3.28. The van der Waals surface area contributed by atoms with Gasteiger partial charge in [0.1, 0.15) is 0 Å². The molecule has 3 aromatic carbocycles. The second-order valence-corrected chi connectivity index (χ2v) is 4.68. The van der Waals surface area contributed by atoms with Crippen molar-refractivity contribution in [3.8, 4) is 0 Å². The van der Waals surface area contributed by atoms with Crippen LogP contribution < -0.4 is 5.32 Å². The fourth-order valence-corrected chi connectivity index (χ4v) is 2.22. The Balaban J connectivity index is 0.000000126. The van der Waals surface area contributed by atoms with Crippen molar-refractivity contribution in [1.29, 1.82) is 0 Å². The van der Waals surface area contributed by atoms with Crippen LogP contribution in [-0.2, 0) is 4.79 Å². The van der Waals surface area contributed by atoms with E-state index in [0.29, 0.717) is 11.3 Å². The van der Waals surface area contributed by atoms with Crippen molar-refractivity contribution in [3.63, 3.8) is 0 Å². The average Bonchev–Trinajstić information content (AvgIpc) is 2.83. The van der Waals surface area contributed by atoms with E-state index in [1.807, 2.05) is 0 Å². The van der Waals surface area contributed by atoms with E-state index in [2.05, 4.69) is 53.8 Å². The molecule has 0 saturated heterocycles. The lowest BCUT2D eigenvalue weighted by molar-refractivity contribution is -0.112. The highest BCUT2D eigenvalue weighted by Crippen LogP contribution is 2.21. The van der Waals surface area contributed by atoms with Crippen LogP contribution in [0.3, 0.4) is 0 Å². The molecule has 102 valence electrons. The Hall–Kier alpha value is -2.94. The highest BCUT2D eigenvalue weighted by atomic mass is 16.2. The Morgan fingerprint density at radius 1 is 0.619 bits per heavy atom. The first-order valence-corrected chi connectivity index (χ1v) is 6.64. The summed E-state index contributed by atoms with van der Waals surface area (Å²) in [5.41, 5.74) is 1.08. The van der Waals surface area contributed by atoms with Gasteiger partial charge in [-0.05, 0) is 22.9 Å². The zero-order valence-electron chi connectivity index (χ0n) is 11.2. The number of hydrogen-bond donors (Lipinski definition) is 1. The molecule has 0 bridgehead atoms. The van der Waals surface area contributed by atoms with Crippen LogP contribution in [0.4, 0.5) is 5.69 Å². The second kappa shape index (κ2) is 5.59. The minimum Gasteiger partial charge on any atom is -0.318 e. The van der Waals surface area contributed by atoms with E-state index in [0.717, 1.165) is 0 Å². The summed E-state index contributed by atoms with van der Waals surface area (Å²) < 4.78 is 0. The Labute approximate surface area is 122 Å². The number of nitrogens with one attached hydrogen (secondary N) is 1. The fraction of sp³-hybridized carbons (Fsp3) is 0. The molecule has 1 heterocycles. The van der Waals surface area contributed by atoms with Crippen molar-refractivity contribution in [2.75, 3.05) is 5.32 Å². The zero-order chi connectivity index (χ0) is 14.7. The molecule has 1 aliphatic rings. The first-order valence-electron chi connectivity index (χ1n) is 6.64. The molecule has 0 atom stereocenters. The summed E-state index contributed by atoms with van der Waals surface area (Å²) >= 11 is 0. The topological polar surface area (TPSA) is 46.2 Å². The first kappa shape index (κ1) is 13.1. The van der Waals surface area contributed by atoms with Gasteiger partial charge >= 0.3 is 0 Å². The predicted molar refractivity (Wildman–Crippen MR) is 83.4 cm³/mol. The summed E-state index contributed by atoms with van der Waals surface area (Å²) in [5, 5.41) is 5.08. The maximum atomic E-state index is 11.0. The number of amides is 1. The summed E-state index contributed by atoms with van der Waals surface area (Å²) in [7, 11) is 0. The molecule has 3 aromatic rings. The summed E-state index contributed by atoms with van der Waals surface area (Å²) in [6.45, 7) is 0. The van der Waals surface area contributed by atoms with Gasteiger partial charge in [0.15, 0.2) is 0 Å². The fourth-order valence-electron chi connectivity index (χ4n) is 2.22. The Kier molecular flexibility index (Phi) is 3.48. The minimum absolute atomic E-state index is 0.444. The molecule has 4 rings (SSSR count). The van der Waals surface area contributed by atoms with Gasteiger partial charge in [0.25, 0.3) is 11.7 Å². The molecule has 21 heavy (non-hydrogen) atoms. The number of ketones is 1. The third-order valence-electron chi connectivity index (χ3n) is 3.28. The van der Waals surface area contributed by atoms with Gasteiger partial charge in [0.2, 0.25) is 0 Å². The van der Waals surface area contributed by atoms with Crippen molar-refractivity contribution in [1.82, 2.24) is 0 Å². The molecule has 0 radical (unpaired) electrons. The minimum atomic E-state index is -0.536. The highest BCUT2D eigenvalue weighted by Gasteiger charge is 2.26. The molecular weight excluding hydrogens is 262 g/mol. The SMILES string of the molecule is O=C1Nc2ccccc2C1=O.c1ccc2ccccc2c1. The molecular formula is C18H13NO2. The summed E-state index contributed by atoms with van der Waals surface area (Å²) in [6, 6.07) is 23.6. The van der Waals surface area contributed by atoms with E-state index < -0.39 is 11.7 Å². The van der Waals surface area contributed by atoms with Gasteiger partial charge in [-0.3, -0.25) is 9.59 Å². The lowest BCUT2D eigenvalue weighted by Crippen LogP contribution is -2.12. The molecule has 0 unspecified atom stereocenters. The number of para-hydroxylation sites is 1. The van der Waals surface area contributed by atoms with Crippen molar-refractivity contribution >= 4 is 28.2 Å². The number of hydrogen-bond acceptors (Lipinski definition) is 2. The van der Waals surface area contributed by atoms with Crippen LogP contribution in [0.15, 0.2) is 72.8 Å². The van der Waals surface area contributed by atoms with Crippen molar-refractivity contribution < 1.29 is 9.59 Å². The van der Waals surface area contributed by atoms with Crippen LogP contribution in [0.2, 0.25) is 0 Å². The number of carbonyl (C=O) groups excluding carboxylic acids is 2. The van der Waals surface area contributed by atoms with E-state index in [-0.39, 0.29) is 0 Å². The number of benzene rings is 3. The lowest BCUT2D eigenvalue weighted by atomic mass is 10.1. The number of Topliss-reactive ketones (excluding diaryl/α,β-unsaturated/α-hetero) is 1.